The Morgan fingerprint density at radius 2 is 1.52 bits per heavy atom. The molecule has 5 heteroatoms. The van der Waals surface area contributed by atoms with Gasteiger partial charge < -0.3 is 11.1 Å². The van der Waals surface area contributed by atoms with E-state index in [2.05, 4.69) is 5.32 Å². The number of nitrogen functional groups attached to an aromatic ring is 1. The fourth-order valence-corrected chi connectivity index (χ4v) is 3.44. The molecular formula is C24H21N3O2. The first-order valence-corrected chi connectivity index (χ1v) is 9.34. The predicted molar refractivity (Wildman–Crippen MR) is 116 cm³/mol. The fraction of sp³-hybridized carbons (Fsp3) is 0.0833. The minimum absolute atomic E-state index is 0.128. The third kappa shape index (κ3) is 3.27. The van der Waals surface area contributed by atoms with Crippen LogP contribution in [0.2, 0.25) is 0 Å². The van der Waals surface area contributed by atoms with E-state index < -0.39 is 0 Å². The van der Waals surface area contributed by atoms with E-state index in [-0.39, 0.29) is 17.6 Å². The second-order valence-electron chi connectivity index (χ2n) is 7.05. The maximum absolute atomic E-state index is 13.2. The number of amides is 1. The molecule has 4 rings (SSSR count). The standard InChI is InChI=1S/C24H21N3O2/c1-15-11-13-17(14-12-15)24(29)27-20-10-6-4-8-18(20)21(22(27)25)23(28)26-19-9-5-3-7-16(19)2/h3-14H,25H2,1-2H3,(H,26,28). The molecule has 0 aliphatic rings. The SMILES string of the molecule is Cc1ccc(C(=O)n2c(N)c(C(=O)Nc3ccccc3C)c3ccccc32)cc1. The van der Waals surface area contributed by atoms with Crippen molar-refractivity contribution in [1.82, 2.24) is 4.57 Å². The summed E-state index contributed by atoms with van der Waals surface area (Å²) < 4.78 is 1.41. The lowest BCUT2D eigenvalue weighted by Gasteiger charge is -2.09. The molecule has 4 aromatic rings. The van der Waals surface area contributed by atoms with Gasteiger partial charge in [-0.15, -0.1) is 0 Å². The fourth-order valence-electron chi connectivity index (χ4n) is 3.44. The van der Waals surface area contributed by atoms with Gasteiger partial charge in [0.25, 0.3) is 11.8 Å². The maximum Gasteiger partial charge on any atom is 0.263 e. The molecule has 1 heterocycles. The number of carbonyl (C=O) groups is 2. The van der Waals surface area contributed by atoms with Crippen molar-refractivity contribution in [3.63, 3.8) is 0 Å². The maximum atomic E-state index is 13.2. The van der Waals surface area contributed by atoms with E-state index in [1.165, 1.54) is 4.57 Å². The average molecular weight is 383 g/mol. The van der Waals surface area contributed by atoms with Crippen LogP contribution in [-0.4, -0.2) is 16.4 Å². The molecule has 0 saturated carbocycles. The molecule has 144 valence electrons. The third-order valence-corrected chi connectivity index (χ3v) is 5.03. The average Bonchev–Trinajstić information content (AvgIpc) is 3.01. The molecule has 0 aliphatic heterocycles. The Morgan fingerprint density at radius 1 is 0.862 bits per heavy atom. The molecule has 0 bridgehead atoms. The van der Waals surface area contributed by atoms with Gasteiger partial charge in [-0.3, -0.25) is 14.2 Å². The van der Waals surface area contributed by atoms with Gasteiger partial charge in [-0.1, -0.05) is 54.1 Å². The van der Waals surface area contributed by atoms with Gasteiger partial charge in [0, 0.05) is 16.6 Å². The molecule has 3 aromatic carbocycles. The van der Waals surface area contributed by atoms with E-state index in [1.807, 2.05) is 62.4 Å². The number of hydrogen-bond acceptors (Lipinski definition) is 3. The number of anilines is 2. The summed E-state index contributed by atoms with van der Waals surface area (Å²) >= 11 is 0. The minimum atomic E-state index is -0.344. The summed E-state index contributed by atoms with van der Waals surface area (Å²) in [6.45, 7) is 3.88. The summed E-state index contributed by atoms with van der Waals surface area (Å²) in [6.07, 6.45) is 0. The van der Waals surface area contributed by atoms with Gasteiger partial charge in [0.2, 0.25) is 0 Å². The van der Waals surface area contributed by atoms with Gasteiger partial charge in [-0.2, -0.15) is 0 Å². The molecule has 0 saturated heterocycles. The first-order valence-electron chi connectivity index (χ1n) is 9.34. The van der Waals surface area contributed by atoms with Crippen molar-refractivity contribution in [3.05, 3.63) is 95.1 Å². The summed E-state index contributed by atoms with van der Waals surface area (Å²) in [5.41, 5.74) is 10.5. The lowest BCUT2D eigenvalue weighted by molar-refractivity contribution is 0.0967. The third-order valence-electron chi connectivity index (χ3n) is 5.03. The largest absolute Gasteiger partial charge is 0.384 e. The molecule has 3 N–H and O–H groups in total. The summed E-state index contributed by atoms with van der Waals surface area (Å²) in [5, 5.41) is 3.55. The molecule has 5 nitrogen and oxygen atoms in total. The highest BCUT2D eigenvalue weighted by atomic mass is 16.2. The molecule has 0 radical (unpaired) electrons. The van der Waals surface area contributed by atoms with E-state index in [0.717, 1.165) is 11.1 Å². The number of carbonyl (C=O) groups excluding carboxylic acids is 2. The van der Waals surface area contributed by atoms with Crippen molar-refractivity contribution in [1.29, 1.82) is 0 Å². The normalized spacial score (nSPS) is 10.8. The number of nitrogens with two attached hydrogens (primary N) is 1. The zero-order valence-corrected chi connectivity index (χ0v) is 16.3. The summed E-state index contributed by atoms with van der Waals surface area (Å²) in [7, 11) is 0. The number of benzene rings is 3. The van der Waals surface area contributed by atoms with Crippen molar-refractivity contribution in [3.8, 4) is 0 Å². The number of fused-ring (bicyclic) bond motifs is 1. The van der Waals surface area contributed by atoms with Crippen LogP contribution in [0.1, 0.15) is 31.8 Å². The molecule has 29 heavy (non-hydrogen) atoms. The van der Waals surface area contributed by atoms with E-state index in [9.17, 15) is 9.59 Å². The van der Waals surface area contributed by atoms with Crippen LogP contribution >= 0.6 is 0 Å². The Kier molecular flexibility index (Phi) is 4.64. The van der Waals surface area contributed by atoms with Crippen molar-refractivity contribution in [2.75, 3.05) is 11.1 Å². The van der Waals surface area contributed by atoms with Crippen LogP contribution in [0.25, 0.3) is 10.9 Å². The van der Waals surface area contributed by atoms with Crippen molar-refractivity contribution in [2.45, 2.75) is 13.8 Å². The van der Waals surface area contributed by atoms with Gasteiger partial charge in [-0.25, -0.2) is 0 Å². The van der Waals surface area contributed by atoms with Crippen LogP contribution in [0.4, 0.5) is 11.5 Å². The molecule has 1 aromatic heterocycles. The first kappa shape index (κ1) is 18.5. The van der Waals surface area contributed by atoms with Gasteiger partial charge in [0.1, 0.15) is 5.82 Å². The van der Waals surface area contributed by atoms with Gasteiger partial charge in [-0.05, 0) is 43.7 Å². The van der Waals surface area contributed by atoms with Gasteiger partial charge >= 0.3 is 0 Å². The molecule has 1 amide bonds. The Labute approximate surface area is 168 Å². The second-order valence-corrected chi connectivity index (χ2v) is 7.05. The lowest BCUT2D eigenvalue weighted by atomic mass is 10.1. The number of para-hydroxylation sites is 2. The second kappa shape index (κ2) is 7.28. The highest BCUT2D eigenvalue weighted by Crippen LogP contribution is 2.30. The Bertz CT molecular complexity index is 1240. The number of aryl methyl sites for hydroxylation is 2. The summed E-state index contributed by atoms with van der Waals surface area (Å²) in [5.74, 6) is -0.486. The molecule has 0 spiro atoms. The lowest BCUT2D eigenvalue weighted by Crippen LogP contribution is -2.18. The smallest absolute Gasteiger partial charge is 0.263 e. The summed E-state index contributed by atoms with van der Waals surface area (Å²) in [4.78, 5) is 26.3. The van der Waals surface area contributed by atoms with E-state index in [0.29, 0.717) is 27.7 Å². The number of hydrogen-bond donors (Lipinski definition) is 2. The zero-order valence-electron chi connectivity index (χ0n) is 16.3. The monoisotopic (exact) mass is 383 g/mol. The van der Waals surface area contributed by atoms with Gasteiger partial charge in [0.05, 0.1) is 11.1 Å². The van der Waals surface area contributed by atoms with Crippen LogP contribution in [0.15, 0.2) is 72.8 Å². The van der Waals surface area contributed by atoms with Crippen LogP contribution < -0.4 is 11.1 Å². The van der Waals surface area contributed by atoms with Crippen molar-refractivity contribution < 1.29 is 9.59 Å². The number of nitrogens with one attached hydrogen (secondary N) is 1. The molecular weight excluding hydrogens is 362 g/mol. The van der Waals surface area contributed by atoms with Crippen molar-refractivity contribution >= 4 is 34.2 Å². The topological polar surface area (TPSA) is 77.1 Å². The van der Waals surface area contributed by atoms with Crippen LogP contribution in [0.3, 0.4) is 0 Å². The highest BCUT2D eigenvalue weighted by Gasteiger charge is 2.24. The van der Waals surface area contributed by atoms with E-state index in [4.69, 9.17) is 5.73 Å². The Balaban J connectivity index is 1.83. The van der Waals surface area contributed by atoms with Crippen LogP contribution in [0, 0.1) is 13.8 Å². The zero-order chi connectivity index (χ0) is 20.5. The van der Waals surface area contributed by atoms with E-state index >= 15 is 0 Å². The summed E-state index contributed by atoms with van der Waals surface area (Å²) in [6, 6.07) is 22.0. The predicted octanol–water partition coefficient (Wildman–Crippen LogP) is 4.78. The number of aromatic nitrogens is 1. The minimum Gasteiger partial charge on any atom is -0.384 e. The van der Waals surface area contributed by atoms with Crippen LogP contribution in [-0.2, 0) is 0 Å². The van der Waals surface area contributed by atoms with E-state index in [1.54, 1.807) is 24.3 Å². The molecule has 0 unspecified atom stereocenters. The first-order chi connectivity index (χ1) is 14.0. The number of nitrogens with zero attached hydrogens (tertiary/aromatic N) is 1. The van der Waals surface area contributed by atoms with Crippen molar-refractivity contribution in [2.24, 2.45) is 0 Å². The Morgan fingerprint density at radius 3 is 2.24 bits per heavy atom. The van der Waals surface area contributed by atoms with Crippen LogP contribution in [0.5, 0.6) is 0 Å². The van der Waals surface area contributed by atoms with Gasteiger partial charge in [0.15, 0.2) is 0 Å². The molecule has 0 aliphatic carbocycles. The highest BCUT2D eigenvalue weighted by molar-refractivity contribution is 6.20. The molecule has 0 atom stereocenters. The quantitative estimate of drug-likeness (QED) is 0.534. The Hall–Kier alpha value is -3.86. The number of rotatable bonds is 3. The molecule has 0 fully saturated rings.